The van der Waals surface area contributed by atoms with Crippen LogP contribution in [0.5, 0.6) is 11.5 Å². The zero-order chi connectivity index (χ0) is 30.2. The van der Waals surface area contributed by atoms with E-state index in [4.69, 9.17) is 32.7 Å². The molecule has 0 saturated heterocycles. The number of carbonyl (C=O) groups is 2. The van der Waals surface area contributed by atoms with Crippen LogP contribution in [0.1, 0.15) is 18.1 Å². The molecule has 12 heteroatoms. The van der Waals surface area contributed by atoms with E-state index < -0.39 is 28.5 Å². The molecule has 3 aromatic rings. The van der Waals surface area contributed by atoms with E-state index in [0.717, 1.165) is 16.1 Å². The maximum absolute atomic E-state index is 14.1. The second kappa shape index (κ2) is 14.4. The van der Waals surface area contributed by atoms with Gasteiger partial charge in [-0.2, -0.15) is 0 Å². The number of sulfonamides is 1. The summed E-state index contributed by atoms with van der Waals surface area (Å²) in [5, 5.41) is 3.43. The number of rotatable bonds is 13. The summed E-state index contributed by atoms with van der Waals surface area (Å²) in [5.74, 6) is -0.392. The molecule has 0 saturated carbocycles. The van der Waals surface area contributed by atoms with Gasteiger partial charge in [0.05, 0.1) is 36.2 Å². The molecule has 41 heavy (non-hydrogen) atoms. The molecule has 1 atom stereocenters. The molecule has 0 spiro atoms. The molecular weight excluding hydrogens is 589 g/mol. The Morgan fingerprint density at radius 3 is 2.22 bits per heavy atom. The normalized spacial score (nSPS) is 11.9. The van der Waals surface area contributed by atoms with Gasteiger partial charge in [0.1, 0.15) is 24.1 Å². The van der Waals surface area contributed by atoms with E-state index in [9.17, 15) is 18.0 Å². The Morgan fingerprint density at radius 2 is 1.63 bits per heavy atom. The van der Waals surface area contributed by atoms with E-state index in [1.54, 1.807) is 37.3 Å². The number of anilines is 1. The maximum Gasteiger partial charge on any atom is 0.244 e. The quantitative estimate of drug-likeness (QED) is 0.300. The molecule has 9 nitrogen and oxygen atoms in total. The molecule has 0 aromatic heterocycles. The molecule has 0 heterocycles. The van der Waals surface area contributed by atoms with Crippen LogP contribution >= 0.6 is 23.2 Å². The van der Waals surface area contributed by atoms with Crippen LogP contribution in [0.3, 0.4) is 0 Å². The summed E-state index contributed by atoms with van der Waals surface area (Å²) in [4.78, 5) is 28.9. The number of nitrogens with zero attached hydrogens (tertiary/aromatic N) is 2. The Morgan fingerprint density at radius 1 is 0.927 bits per heavy atom. The van der Waals surface area contributed by atoms with E-state index in [2.05, 4.69) is 5.32 Å². The van der Waals surface area contributed by atoms with Crippen molar-refractivity contribution in [1.82, 2.24) is 10.2 Å². The lowest BCUT2D eigenvalue weighted by Gasteiger charge is -2.33. The fourth-order valence-corrected chi connectivity index (χ4v) is 5.43. The lowest BCUT2D eigenvalue weighted by atomic mass is 10.0. The second-order valence-corrected chi connectivity index (χ2v) is 11.9. The summed E-state index contributed by atoms with van der Waals surface area (Å²) in [6.07, 6.45) is 1.19. The van der Waals surface area contributed by atoms with Crippen LogP contribution in [-0.4, -0.2) is 64.7 Å². The van der Waals surface area contributed by atoms with Gasteiger partial charge in [-0.05, 0) is 42.3 Å². The molecule has 0 radical (unpaired) electrons. The van der Waals surface area contributed by atoms with Crippen molar-refractivity contribution in [2.24, 2.45) is 0 Å². The zero-order valence-electron chi connectivity index (χ0n) is 23.3. The smallest absolute Gasteiger partial charge is 0.244 e. The first-order valence-electron chi connectivity index (χ1n) is 12.7. The Hall–Kier alpha value is -3.47. The van der Waals surface area contributed by atoms with Gasteiger partial charge in [-0.15, -0.1) is 0 Å². The van der Waals surface area contributed by atoms with Crippen molar-refractivity contribution >= 4 is 50.7 Å². The first-order chi connectivity index (χ1) is 19.5. The number of carbonyl (C=O) groups excluding carboxylic acids is 2. The van der Waals surface area contributed by atoms with Crippen LogP contribution in [0.15, 0.2) is 66.7 Å². The molecule has 1 N–H and O–H groups in total. The average molecular weight is 623 g/mol. The van der Waals surface area contributed by atoms with E-state index in [1.165, 1.54) is 25.2 Å². The lowest BCUT2D eigenvalue weighted by molar-refractivity contribution is -0.140. The molecule has 0 bridgehead atoms. The van der Waals surface area contributed by atoms with Crippen LogP contribution in [0.2, 0.25) is 10.0 Å². The highest BCUT2D eigenvalue weighted by atomic mass is 35.5. The van der Waals surface area contributed by atoms with Crippen molar-refractivity contribution in [3.63, 3.8) is 0 Å². The Labute approximate surface area is 251 Å². The van der Waals surface area contributed by atoms with E-state index in [0.29, 0.717) is 22.9 Å². The summed E-state index contributed by atoms with van der Waals surface area (Å²) in [6, 6.07) is 17.9. The lowest BCUT2D eigenvalue weighted by Crippen LogP contribution is -2.53. The Kier molecular flexibility index (Phi) is 11.3. The van der Waals surface area contributed by atoms with E-state index in [1.807, 2.05) is 30.3 Å². The molecule has 0 aliphatic heterocycles. The molecule has 0 aliphatic rings. The van der Waals surface area contributed by atoms with Gasteiger partial charge in [0.25, 0.3) is 0 Å². The van der Waals surface area contributed by atoms with Crippen molar-refractivity contribution in [3.8, 4) is 11.5 Å². The number of halogens is 2. The molecular formula is C29H33Cl2N3O6S. The average Bonchev–Trinajstić information content (AvgIpc) is 2.95. The van der Waals surface area contributed by atoms with Gasteiger partial charge in [-0.1, -0.05) is 59.6 Å². The summed E-state index contributed by atoms with van der Waals surface area (Å²) in [7, 11) is -1.15. The molecule has 3 rings (SSSR count). The minimum atomic E-state index is -3.99. The second-order valence-electron chi connectivity index (χ2n) is 9.18. The number of hydrogen-bond acceptors (Lipinski definition) is 6. The predicted octanol–water partition coefficient (Wildman–Crippen LogP) is 4.55. The first-order valence-corrected chi connectivity index (χ1v) is 15.3. The van der Waals surface area contributed by atoms with Crippen LogP contribution in [0.25, 0.3) is 0 Å². The van der Waals surface area contributed by atoms with Crippen molar-refractivity contribution in [2.45, 2.75) is 25.9 Å². The SMILES string of the molecule is CCNC(=O)[C@H](Cc1ccccc1)N(Cc1ccc(Cl)c(Cl)c1)C(=O)CN(c1cc(OC)ccc1OC)S(C)(=O)=O. The highest BCUT2D eigenvalue weighted by Gasteiger charge is 2.33. The van der Waals surface area contributed by atoms with Gasteiger partial charge in [0.2, 0.25) is 21.8 Å². The third kappa shape index (κ3) is 8.51. The summed E-state index contributed by atoms with van der Waals surface area (Å²) in [5.41, 5.74) is 1.56. The molecule has 220 valence electrons. The standard InChI is InChI=1S/C29H33Cl2N3O6S/c1-5-32-29(36)26(16-20-9-7-6-8-10-20)33(18-21-11-13-23(30)24(31)15-21)28(35)19-34(41(4,37)38)25-17-22(39-2)12-14-27(25)40-3/h6-15,17,26H,5,16,18-19H2,1-4H3,(H,32,36)/t26-/m0/s1. The number of ether oxygens (including phenoxy) is 2. The fraction of sp³-hybridized carbons (Fsp3) is 0.310. The number of methoxy groups -OCH3 is 2. The van der Waals surface area contributed by atoms with Crippen molar-refractivity contribution in [2.75, 3.05) is 37.9 Å². The third-order valence-corrected chi connectivity index (χ3v) is 8.16. The minimum Gasteiger partial charge on any atom is -0.497 e. The van der Waals surface area contributed by atoms with Crippen molar-refractivity contribution < 1.29 is 27.5 Å². The number of likely N-dealkylation sites (N-methyl/N-ethyl adjacent to an activating group) is 1. The number of nitrogens with one attached hydrogen (secondary N) is 1. The molecule has 0 fully saturated rings. The van der Waals surface area contributed by atoms with Crippen molar-refractivity contribution in [1.29, 1.82) is 0 Å². The first kappa shape index (κ1) is 32.0. The zero-order valence-corrected chi connectivity index (χ0v) is 25.6. The summed E-state index contributed by atoms with van der Waals surface area (Å²) < 4.78 is 37.7. The largest absolute Gasteiger partial charge is 0.497 e. The van der Waals surface area contributed by atoms with Crippen LogP contribution in [0.4, 0.5) is 5.69 Å². The minimum absolute atomic E-state index is 0.0306. The van der Waals surface area contributed by atoms with Crippen LogP contribution < -0.4 is 19.1 Å². The summed E-state index contributed by atoms with van der Waals surface area (Å²) >= 11 is 12.4. The van der Waals surface area contributed by atoms with Gasteiger partial charge in [-0.25, -0.2) is 8.42 Å². The van der Waals surface area contributed by atoms with Crippen LogP contribution in [0, 0.1) is 0 Å². The highest BCUT2D eigenvalue weighted by Crippen LogP contribution is 2.34. The maximum atomic E-state index is 14.1. The molecule has 0 aliphatic carbocycles. The van der Waals surface area contributed by atoms with Crippen molar-refractivity contribution in [3.05, 3.63) is 87.9 Å². The number of hydrogen-bond donors (Lipinski definition) is 1. The van der Waals surface area contributed by atoms with E-state index >= 15 is 0 Å². The molecule has 0 unspecified atom stereocenters. The van der Waals surface area contributed by atoms with Crippen LogP contribution in [-0.2, 0) is 32.6 Å². The summed E-state index contributed by atoms with van der Waals surface area (Å²) in [6.45, 7) is 1.49. The highest BCUT2D eigenvalue weighted by molar-refractivity contribution is 7.92. The van der Waals surface area contributed by atoms with Gasteiger partial charge in [0, 0.05) is 25.6 Å². The third-order valence-electron chi connectivity index (χ3n) is 6.29. The van der Waals surface area contributed by atoms with Gasteiger partial charge in [-0.3, -0.25) is 13.9 Å². The Bertz CT molecular complexity index is 1470. The van der Waals surface area contributed by atoms with Gasteiger partial charge < -0.3 is 19.7 Å². The predicted molar refractivity (Wildman–Crippen MR) is 161 cm³/mol. The van der Waals surface area contributed by atoms with Gasteiger partial charge in [0.15, 0.2) is 0 Å². The number of benzene rings is 3. The van der Waals surface area contributed by atoms with E-state index in [-0.39, 0.29) is 35.3 Å². The molecule has 2 amide bonds. The Balaban J connectivity index is 2.11. The fourth-order valence-electron chi connectivity index (χ4n) is 4.27. The molecule has 3 aromatic carbocycles. The monoisotopic (exact) mass is 621 g/mol. The van der Waals surface area contributed by atoms with Gasteiger partial charge >= 0.3 is 0 Å². The number of amides is 2. The topological polar surface area (TPSA) is 105 Å².